The van der Waals surface area contributed by atoms with E-state index in [1.54, 1.807) is 0 Å². The Balaban J connectivity index is 1.77. The van der Waals surface area contributed by atoms with Crippen molar-refractivity contribution in [2.75, 3.05) is 31.1 Å². The SMILES string of the molecule is c1cncc(N2C[C@H]3CNC[C@H]3C2)c1. The van der Waals surface area contributed by atoms with Crippen molar-refractivity contribution in [3.63, 3.8) is 0 Å². The first kappa shape index (κ1) is 8.24. The van der Waals surface area contributed by atoms with Crippen molar-refractivity contribution in [1.82, 2.24) is 10.3 Å². The maximum absolute atomic E-state index is 4.17. The third kappa shape index (κ3) is 1.28. The first-order chi connectivity index (χ1) is 6.93. The lowest BCUT2D eigenvalue weighted by molar-refractivity contribution is 0.533. The molecule has 2 aliphatic rings. The van der Waals surface area contributed by atoms with E-state index in [9.17, 15) is 0 Å². The van der Waals surface area contributed by atoms with Crippen molar-refractivity contribution in [1.29, 1.82) is 0 Å². The molecular weight excluding hydrogens is 174 g/mol. The summed E-state index contributed by atoms with van der Waals surface area (Å²) < 4.78 is 0. The Morgan fingerprint density at radius 2 is 2.07 bits per heavy atom. The maximum Gasteiger partial charge on any atom is 0.0552 e. The first-order valence-corrected chi connectivity index (χ1v) is 5.29. The zero-order chi connectivity index (χ0) is 9.38. The van der Waals surface area contributed by atoms with Crippen molar-refractivity contribution in [2.24, 2.45) is 11.8 Å². The fourth-order valence-electron chi connectivity index (χ4n) is 2.61. The van der Waals surface area contributed by atoms with E-state index in [1.807, 2.05) is 18.5 Å². The summed E-state index contributed by atoms with van der Waals surface area (Å²) in [7, 11) is 0. The fraction of sp³-hybridized carbons (Fsp3) is 0.545. The van der Waals surface area contributed by atoms with Gasteiger partial charge in [-0.2, -0.15) is 0 Å². The van der Waals surface area contributed by atoms with Crippen LogP contribution in [0.15, 0.2) is 24.5 Å². The molecule has 2 fully saturated rings. The average molecular weight is 189 g/mol. The van der Waals surface area contributed by atoms with Gasteiger partial charge in [-0.15, -0.1) is 0 Å². The topological polar surface area (TPSA) is 28.2 Å². The van der Waals surface area contributed by atoms with Gasteiger partial charge in [-0.1, -0.05) is 0 Å². The average Bonchev–Trinajstić information content (AvgIpc) is 2.78. The molecule has 0 radical (unpaired) electrons. The molecule has 3 nitrogen and oxygen atoms in total. The Morgan fingerprint density at radius 3 is 2.71 bits per heavy atom. The van der Waals surface area contributed by atoms with Crippen LogP contribution in [-0.4, -0.2) is 31.2 Å². The quantitative estimate of drug-likeness (QED) is 0.706. The number of pyridine rings is 1. The normalized spacial score (nSPS) is 30.7. The maximum atomic E-state index is 4.17. The monoisotopic (exact) mass is 189 g/mol. The van der Waals surface area contributed by atoms with Gasteiger partial charge < -0.3 is 10.2 Å². The highest BCUT2D eigenvalue weighted by atomic mass is 15.2. The lowest BCUT2D eigenvalue weighted by Crippen LogP contribution is -2.25. The van der Waals surface area contributed by atoms with Gasteiger partial charge >= 0.3 is 0 Å². The Hall–Kier alpha value is -1.09. The van der Waals surface area contributed by atoms with Crippen LogP contribution in [0.3, 0.4) is 0 Å². The van der Waals surface area contributed by atoms with Gasteiger partial charge in [0, 0.05) is 32.4 Å². The number of hydrogen-bond acceptors (Lipinski definition) is 3. The molecule has 0 unspecified atom stereocenters. The molecular formula is C11H15N3. The van der Waals surface area contributed by atoms with E-state index in [-0.39, 0.29) is 0 Å². The molecule has 1 aromatic rings. The van der Waals surface area contributed by atoms with E-state index < -0.39 is 0 Å². The highest BCUT2D eigenvalue weighted by Crippen LogP contribution is 2.29. The van der Waals surface area contributed by atoms with Gasteiger partial charge in [0.25, 0.3) is 0 Å². The fourth-order valence-corrected chi connectivity index (χ4v) is 2.61. The van der Waals surface area contributed by atoms with Crippen molar-refractivity contribution in [2.45, 2.75) is 0 Å². The molecule has 2 atom stereocenters. The zero-order valence-electron chi connectivity index (χ0n) is 8.19. The molecule has 14 heavy (non-hydrogen) atoms. The Morgan fingerprint density at radius 1 is 1.29 bits per heavy atom. The molecule has 0 spiro atoms. The van der Waals surface area contributed by atoms with E-state index >= 15 is 0 Å². The molecule has 3 rings (SSSR count). The van der Waals surface area contributed by atoms with Gasteiger partial charge in [-0.05, 0) is 24.0 Å². The van der Waals surface area contributed by atoms with Gasteiger partial charge in [-0.3, -0.25) is 4.98 Å². The minimum absolute atomic E-state index is 0.857. The minimum Gasteiger partial charge on any atom is -0.370 e. The van der Waals surface area contributed by atoms with Crippen LogP contribution in [0.25, 0.3) is 0 Å². The molecule has 1 aromatic heterocycles. The van der Waals surface area contributed by atoms with Gasteiger partial charge in [0.05, 0.1) is 11.9 Å². The second-order valence-corrected chi connectivity index (χ2v) is 4.29. The summed E-state index contributed by atoms with van der Waals surface area (Å²) >= 11 is 0. The van der Waals surface area contributed by atoms with Gasteiger partial charge in [0.2, 0.25) is 0 Å². The molecule has 2 saturated heterocycles. The highest BCUT2D eigenvalue weighted by molar-refractivity contribution is 5.45. The summed E-state index contributed by atoms with van der Waals surface area (Å²) in [5.41, 5.74) is 1.28. The third-order valence-corrected chi connectivity index (χ3v) is 3.40. The summed E-state index contributed by atoms with van der Waals surface area (Å²) in [5.74, 6) is 1.71. The zero-order valence-corrected chi connectivity index (χ0v) is 8.19. The van der Waals surface area contributed by atoms with Crippen LogP contribution >= 0.6 is 0 Å². The number of nitrogens with one attached hydrogen (secondary N) is 1. The number of hydrogen-bond donors (Lipinski definition) is 1. The summed E-state index contributed by atoms with van der Waals surface area (Å²) in [6.45, 7) is 4.79. The number of rotatable bonds is 1. The van der Waals surface area contributed by atoms with Crippen LogP contribution in [0.2, 0.25) is 0 Å². The van der Waals surface area contributed by atoms with Gasteiger partial charge in [-0.25, -0.2) is 0 Å². The highest BCUT2D eigenvalue weighted by Gasteiger charge is 2.35. The minimum atomic E-state index is 0.857. The van der Waals surface area contributed by atoms with Crippen molar-refractivity contribution < 1.29 is 0 Å². The Labute approximate surface area is 84.1 Å². The second-order valence-electron chi connectivity index (χ2n) is 4.29. The van der Waals surface area contributed by atoms with E-state index in [0.717, 1.165) is 11.8 Å². The first-order valence-electron chi connectivity index (χ1n) is 5.29. The Bertz CT molecular complexity index is 300. The molecule has 3 heterocycles. The molecule has 0 aromatic carbocycles. The standard InChI is InChI=1S/C11H15N3/c1-2-11(6-12-3-1)14-7-9-4-13-5-10(9)8-14/h1-3,6,9-10,13H,4-5,7-8H2/t9-,10+. The summed E-state index contributed by atoms with van der Waals surface area (Å²) in [6, 6.07) is 4.17. The van der Waals surface area contributed by atoms with Crippen LogP contribution < -0.4 is 10.2 Å². The van der Waals surface area contributed by atoms with Crippen molar-refractivity contribution >= 4 is 5.69 Å². The van der Waals surface area contributed by atoms with Crippen molar-refractivity contribution in [3.05, 3.63) is 24.5 Å². The molecule has 1 N–H and O–H groups in total. The predicted molar refractivity (Wildman–Crippen MR) is 56.3 cm³/mol. The molecule has 2 aliphatic heterocycles. The lowest BCUT2D eigenvalue weighted by Gasteiger charge is -2.18. The van der Waals surface area contributed by atoms with E-state index in [1.165, 1.54) is 31.9 Å². The van der Waals surface area contributed by atoms with Gasteiger partial charge in [0.1, 0.15) is 0 Å². The predicted octanol–water partition coefficient (Wildman–Crippen LogP) is 0.737. The Kier molecular flexibility index (Phi) is 1.91. The molecule has 0 amide bonds. The van der Waals surface area contributed by atoms with Crippen LogP contribution in [0, 0.1) is 11.8 Å². The van der Waals surface area contributed by atoms with E-state index in [0.29, 0.717) is 0 Å². The third-order valence-electron chi connectivity index (χ3n) is 3.40. The summed E-state index contributed by atoms with van der Waals surface area (Å²) in [6.07, 6.45) is 3.80. The molecule has 3 heteroatoms. The smallest absolute Gasteiger partial charge is 0.0552 e. The molecule has 0 bridgehead atoms. The molecule has 0 saturated carbocycles. The number of aromatic nitrogens is 1. The summed E-state index contributed by atoms with van der Waals surface area (Å²) in [4.78, 5) is 6.63. The molecule has 0 aliphatic carbocycles. The second kappa shape index (κ2) is 3.24. The number of fused-ring (bicyclic) bond motifs is 1. The lowest BCUT2D eigenvalue weighted by atomic mass is 10.0. The van der Waals surface area contributed by atoms with Gasteiger partial charge in [0.15, 0.2) is 0 Å². The van der Waals surface area contributed by atoms with Crippen LogP contribution in [0.1, 0.15) is 0 Å². The number of anilines is 1. The van der Waals surface area contributed by atoms with Crippen LogP contribution in [-0.2, 0) is 0 Å². The van der Waals surface area contributed by atoms with Crippen molar-refractivity contribution in [3.8, 4) is 0 Å². The van der Waals surface area contributed by atoms with Crippen LogP contribution in [0.4, 0.5) is 5.69 Å². The molecule has 74 valence electrons. The largest absolute Gasteiger partial charge is 0.370 e. The number of nitrogens with zero attached hydrogens (tertiary/aromatic N) is 2. The van der Waals surface area contributed by atoms with Crippen LogP contribution in [0.5, 0.6) is 0 Å². The summed E-state index contributed by atoms with van der Waals surface area (Å²) in [5, 5.41) is 3.45. The van der Waals surface area contributed by atoms with E-state index in [2.05, 4.69) is 21.3 Å². The van der Waals surface area contributed by atoms with E-state index in [4.69, 9.17) is 0 Å².